The summed E-state index contributed by atoms with van der Waals surface area (Å²) in [6, 6.07) is 11.5. The molecule has 0 bridgehead atoms. The van der Waals surface area contributed by atoms with Gasteiger partial charge in [0, 0.05) is 6.54 Å². The number of carbonyl (C=O) groups excluding carboxylic acids is 1. The molecule has 0 aromatic heterocycles. The van der Waals surface area contributed by atoms with E-state index < -0.39 is 11.9 Å². The number of likely N-dealkylation sites (N-methyl/N-ethyl adjacent to an activating group) is 1. The summed E-state index contributed by atoms with van der Waals surface area (Å²) in [5.41, 5.74) is 1.20. The predicted molar refractivity (Wildman–Crippen MR) is 93.4 cm³/mol. The number of anilines is 1. The normalized spacial score (nSPS) is 14.2. The third-order valence-corrected chi connectivity index (χ3v) is 4.21. The van der Waals surface area contributed by atoms with Crippen molar-refractivity contribution in [1.82, 2.24) is 4.90 Å². The molecule has 3 rings (SSSR count). The number of nitrogens with zero attached hydrogens (tertiary/aromatic N) is 1. The number of para-hydroxylation sites is 1. The van der Waals surface area contributed by atoms with Crippen molar-refractivity contribution in [1.29, 1.82) is 0 Å². The van der Waals surface area contributed by atoms with Gasteiger partial charge in [0.25, 0.3) is 0 Å². The number of rotatable bonds is 5. The highest BCUT2D eigenvalue weighted by molar-refractivity contribution is 5.94. The van der Waals surface area contributed by atoms with Crippen LogP contribution in [0.5, 0.6) is 11.5 Å². The molecule has 0 aliphatic carbocycles. The second-order valence-electron chi connectivity index (χ2n) is 6.04. The Morgan fingerprint density at radius 1 is 1.20 bits per heavy atom. The van der Waals surface area contributed by atoms with Crippen LogP contribution in [-0.4, -0.2) is 37.1 Å². The molecule has 1 N–H and O–H groups in total. The molecular formula is C19H21FN2O3. The van der Waals surface area contributed by atoms with Gasteiger partial charge in [0.2, 0.25) is 5.91 Å². The maximum Gasteiger partial charge on any atom is 0.241 e. The smallest absolute Gasteiger partial charge is 0.241 e. The molecule has 1 aliphatic rings. The number of ether oxygens (including phenoxy) is 2. The fourth-order valence-corrected chi connectivity index (χ4v) is 2.61. The molecule has 132 valence electrons. The van der Waals surface area contributed by atoms with Crippen molar-refractivity contribution in [2.75, 3.05) is 25.6 Å². The highest BCUT2D eigenvalue weighted by Gasteiger charge is 2.20. The zero-order valence-electron chi connectivity index (χ0n) is 14.3. The number of carbonyl (C=O) groups is 1. The van der Waals surface area contributed by atoms with Gasteiger partial charge >= 0.3 is 0 Å². The molecular weight excluding hydrogens is 323 g/mol. The van der Waals surface area contributed by atoms with Crippen LogP contribution in [0.1, 0.15) is 12.5 Å². The Balaban J connectivity index is 1.63. The zero-order chi connectivity index (χ0) is 17.8. The van der Waals surface area contributed by atoms with Gasteiger partial charge in [0.1, 0.15) is 19.0 Å². The zero-order valence-corrected chi connectivity index (χ0v) is 14.3. The lowest BCUT2D eigenvalue weighted by Crippen LogP contribution is -2.39. The molecule has 0 fully saturated rings. The van der Waals surface area contributed by atoms with E-state index in [1.165, 1.54) is 6.07 Å². The summed E-state index contributed by atoms with van der Waals surface area (Å²) in [6.07, 6.45) is 0. The molecule has 0 radical (unpaired) electrons. The van der Waals surface area contributed by atoms with Crippen LogP contribution in [0.25, 0.3) is 0 Å². The lowest BCUT2D eigenvalue weighted by atomic mass is 10.1. The molecule has 1 heterocycles. The van der Waals surface area contributed by atoms with Gasteiger partial charge in [0.05, 0.1) is 11.7 Å². The maximum atomic E-state index is 13.7. The fourth-order valence-electron chi connectivity index (χ4n) is 2.61. The number of benzene rings is 2. The van der Waals surface area contributed by atoms with Crippen LogP contribution in [0, 0.1) is 5.82 Å². The van der Waals surface area contributed by atoms with Crippen LogP contribution in [0.4, 0.5) is 10.1 Å². The van der Waals surface area contributed by atoms with Gasteiger partial charge in [0.15, 0.2) is 11.5 Å². The first kappa shape index (κ1) is 17.2. The molecule has 1 amide bonds. The molecule has 0 unspecified atom stereocenters. The maximum absolute atomic E-state index is 13.7. The first-order valence-corrected chi connectivity index (χ1v) is 8.19. The molecule has 6 heteroatoms. The minimum Gasteiger partial charge on any atom is -0.486 e. The Labute approximate surface area is 146 Å². The summed E-state index contributed by atoms with van der Waals surface area (Å²) >= 11 is 0. The van der Waals surface area contributed by atoms with Crippen LogP contribution in [0.2, 0.25) is 0 Å². The number of hydrogen-bond acceptors (Lipinski definition) is 4. The van der Waals surface area contributed by atoms with Crippen LogP contribution in [-0.2, 0) is 11.3 Å². The van der Waals surface area contributed by atoms with E-state index in [1.54, 1.807) is 25.1 Å². The highest BCUT2D eigenvalue weighted by atomic mass is 19.1. The molecule has 5 nitrogen and oxygen atoms in total. The van der Waals surface area contributed by atoms with Crippen molar-refractivity contribution in [2.45, 2.75) is 19.5 Å². The first-order chi connectivity index (χ1) is 12.0. The average Bonchev–Trinajstić information content (AvgIpc) is 2.62. The minimum absolute atomic E-state index is 0.187. The van der Waals surface area contributed by atoms with Crippen LogP contribution in [0.15, 0.2) is 42.5 Å². The number of halogens is 1. The van der Waals surface area contributed by atoms with E-state index in [-0.39, 0.29) is 11.6 Å². The van der Waals surface area contributed by atoms with Gasteiger partial charge in [-0.15, -0.1) is 0 Å². The molecule has 2 aromatic rings. The first-order valence-electron chi connectivity index (χ1n) is 8.19. The van der Waals surface area contributed by atoms with Gasteiger partial charge in [-0.25, -0.2) is 4.39 Å². The highest BCUT2D eigenvalue weighted by Crippen LogP contribution is 2.31. The predicted octanol–water partition coefficient (Wildman–Crippen LogP) is 3.06. The van der Waals surface area contributed by atoms with E-state index >= 15 is 0 Å². The van der Waals surface area contributed by atoms with E-state index in [0.717, 1.165) is 17.1 Å². The van der Waals surface area contributed by atoms with Gasteiger partial charge in [-0.1, -0.05) is 18.2 Å². The van der Waals surface area contributed by atoms with Crippen molar-refractivity contribution < 1.29 is 18.7 Å². The Kier molecular flexibility index (Phi) is 5.19. The second-order valence-corrected chi connectivity index (χ2v) is 6.04. The topological polar surface area (TPSA) is 50.8 Å². The molecule has 0 saturated carbocycles. The lowest BCUT2D eigenvalue weighted by molar-refractivity contribution is -0.120. The Bertz CT molecular complexity index is 766. The molecule has 0 spiro atoms. The van der Waals surface area contributed by atoms with Crippen molar-refractivity contribution in [3.8, 4) is 11.5 Å². The Morgan fingerprint density at radius 3 is 2.68 bits per heavy atom. The second kappa shape index (κ2) is 7.53. The minimum atomic E-state index is -0.447. The lowest BCUT2D eigenvalue weighted by Gasteiger charge is -2.25. The number of amides is 1. The van der Waals surface area contributed by atoms with Crippen molar-refractivity contribution in [3.63, 3.8) is 0 Å². The molecule has 1 atom stereocenters. The van der Waals surface area contributed by atoms with Gasteiger partial charge in [-0.05, 0) is 43.8 Å². The molecule has 25 heavy (non-hydrogen) atoms. The monoisotopic (exact) mass is 344 g/mol. The van der Waals surface area contributed by atoms with Crippen LogP contribution >= 0.6 is 0 Å². The average molecular weight is 344 g/mol. The number of hydrogen-bond donors (Lipinski definition) is 1. The van der Waals surface area contributed by atoms with Crippen molar-refractivity contribution in [3.05, 3.63) is 53.8 Å². The van der Waals surface area contributed by atoms with Crippen LogP contribution in [0.3, 0.4) is 0 Å². The quantitative estimate of drug-likeness (QED) is 0.906. The van der Waals surface area contributed by atoms with E-state index in [1.807, 2.05) is 30.1 Å². The van der Waals surface area contributed by atoms with E-state index in [0.29, 0.717) is 19.8 Å². The van der Waals surface area contributed by atoms with E-state index in [9.17, 15) is 9.18 Å². The number of fused-ring (bicyclic) bond motifs is 1. The third-order valence-electron chi connectivity index (χ3n) is 4.21. The summed E-state index contributed by atoms with van der Waals surface area (Å²) in [7, 11) is 1.85. The standard InChI is InChI=1S/C19H21FN2O3/c1-13(19(23)21-16-6-4-3-5-15(16)20)22(2)12-14-7-8-17-18(11-14)25-10-9-24-17/h3-8,11,13H,9-10,12H2,1-2H3,(H,21,23)/t13-/m1/s1. The van der Waals surface area contributed by atoms with Crippen LogP contribution < -0.4 is 14.8 Å². The molecule has 2 aromatic carbocycles. The van der Waals surface area contributed by atoms with Gasteiger partial charge < -0.3 is 14.8 Å². The summed E-state index contributed by atoms with van der Waals surface area (Å²) in [5.74, 6) is 0.756. The SMILES string of the molecule is C[C@H](C(=O)Nc1ccccc1F)N(C)Cc1ccc2c(c1)OCCO2. The summed E-state index contributed by atoms with van der Waals surface area (Å²) in [5, 5.41) is 2.63. The van der Waals surface area contributed by atoms with Gasteiger partial charge in [-0.2, -0.15) is 0 Å². The largest absolute Gasteiger partial charge is 0.486 e. The van der Waals surface area contributed by atoms with E-state index in [4.69, 9.17) is 9.47 Å². The molecule has 1 aliphatic heterocycles. The van der Waals surface area contributed by atoms with Crippen molar-refractivity contribution >= 4 is 11.6 Å². The van der Waals surface area contributed by atoms with Crippen molar-refractivity contribution in [2.24, 2.45) is 0 Å². The summed E-state index contributed by atoms with van der Waals surface area (Å²) < 4.78 is 24.8. The van der Waals surface area contributed by atoms with Gasteiger partial charge in [-0.3, -0.25) is 9.69 Å². The third kappa shape index (κ3) is 4.09. The summed E-state index contributed by atoms with van der Waals surface area (Å²) in [6.45, 7) is 3.43. The van der Waals surface area contributed by atoms with E-state index in [2.05, 4.69) is 5.32 Å². The summed E-state index contributed by atoms with van der Waals surface area (Å²) in [4.78, 5) is 14.3. The molecule has 0 saturated heterocycles. The fraction of sp³-hybridized carbons (Fsp3) is 0.316. The Morgan fingerprint density at radius 2 is 1.92 bits per heavy atom. The number of nitrogens with one attached hydrogen (secondary N) is 1. The Hall–Kier alpha value is -2.60.